The van der Waals surface area contributed by atoms with E-state index in [-0.39, 0.29) is 28.5 Å². The number of nitrogens with one attached hydrogen (secondary N) is 5. The summed E-state index contributed by atoms with van der Waals surface area (Å²) in [5.74, 6) is -2.00. The Balaban J connectivity index is 1.38. The number of aromatic nitrogens is 2. The zero-order valence-electron chi connectivity index (χ0n) is 24.5. The van der Waals surface area contributed by atoms with Gasteiger partial charge in [0.15, 0.2) is 0 Å². The molecule has 0 spiro atoms. The predicted molar refractivity (Wildman–Crippen MR) is 167 cm³/mol. The third kappa shape index (κ3) is 8.75. The highest BCUT2D eigenvalue weighted by Gasteiger charge is 2.31. The molecular weight excluding hydrogens is 603 g/mol. The molecule has 4 rings (SSSR count). The molecule has 236 valence electrons. The summed E-state index contributed by atoms with van der Waals surface area (Å²) < 4.78 is 39.1. The molecule has 0 aliphatic rings. The number of benzene rings is 3. The van der Waals surface area contributed by atoms with Crippen molar-refractivity contribution in [2.45, 2.75) is 26.1 Å². The molecule has 0 saturated carbocycles. The van der Waals surface area contributed by atoms with E-state index in [4.69, 9.17) is 0 Å². The quantitative estimate of drug-likeness (QED) is 0.141. The maximum absolute atomic E-state index is 13.0. The van der Waals surface area contributed by atoms with Crippen LogP contribution in [0.3, 0.4) is 0 Å². The molecule has 0 radical (unpaired) electrons. The Labute approximate surface area is 261 Å². The molecule has 0 aliphatic heterocycles. The van der Waals surface area contributed by atoms with Crippen LogP contribution in [0.5, 0.6) is 0 Å². The van der Waals surface area contributed by atoms with E-state index in [1.165, 1.54) is 37.5 Å². The van der Waals surface area contributed by atoms with Crippen molar-refractivity contribution in [3.63, 3.8) is 0 Å². The van der Waals surface area contributed by atoms with Crippen molar-refractivity contribution in [2.24, 2.45) is 0 Å². The van der Waals surface area contributed by atoms with Crippen LogP contribution in [0.25, 0.3) is 0 Å². The third-order valence-corrected chi connectivity index (χ3v) is 6.43. The normalized spacial score (nSPS) is 11.5. The van der Waals surface area contributed by atoms with Gasteiger partial charge in [-0.3, -0.25) is 19.2 Å². The highest BCUT2D eigenvalue weighted by atomic mass is 19.4. The zero-order chi connectivity index (χ0) is 33.4. The maximum Gasteiger partial charge on any atom is 0.416 e. The van der Waals surface area contributed by atoms with E-state index in [1.54, 1.807) is 37.3 Å². The third-order valence-electron chi connectivity index (χ3n) is 6.43. The molecule has 0 saturated heterocycles. The number of halogens is 3. The first-order chi connectivity index (χ1) is 21.8. The van der Waals surface area contributed by atoms with E-state index in [0.29, 0.717) is 16.9 Å². The van der Waals surface area contributed by atoms with Crippen LogP contribution < -0.4 is 26.6 Å². The summed E-state index contributed by atoms with van der Waals surface area (Å²) >= 11 is 0. The first-order valence-electron chi connectivity index (χ1n) is 13.7. The van der Waals surface area contributed by atoms with Gasteiger partial charge in [0, 0.05) is 28.2 Å². The number of alkyl halides is 3. The monoisotopic (exact) mass is 631 g/mol. The van der Waals surface area contributed by atoms with Crippen LogP contribution in [0.15, 0.2) is 91.8 Å². The summed E-state index contributed by atoms with van der Waals surface area (Å²) in [5, 5.41) is 13.4. The van der Waals surface area contributed by atoms with Gasteiger partial charge in [-0.25, -0.2) is 9.97 Å². The number of hydrogen-bond acceptors (Lipinski definition) is 7. The van der Waals surface area contributed by atoms with E-state index in [0.717, 1.165) is 24.3 Å². The number of nitrogens with zero attached hydrogens (tertiary/aromatic N) is 2. The topological polar surface area (TPSA) is 154 Å². The fraction of sp³-hybridized carbons (Fsp3) is 0.125. The number of carbonyl (C=O) groups is 4. The van der Waals surface area contributed by atoms with Gasteiger partial charge >= 0.3 is 6.18 Å². The van der Waals surface area contributed by atoms with Crippen LogP contribution in [-0.2, 0) is 15.8 Å². The number of amides is 4. The van der Waals surface area contributed by atoms with Crippen molar-refractivity contribution >= 4 is 52.3 Å². The lowest BCUT2D eigenvalue weighted by Crippen LogP contribution is -2.40. The molecule has 1 heterocycles. The summed E-state index contributed by atoms with van der Waals surface area (Å²) in [5.41, 5.74) is 1.15. The summed E-state index contributed by atoms with van der Waals surface area (Å²) in [6.45, 7) is 6.57. The zero-order valence-corrected chi connectivity index (χ0v) is 24.5. The lowest BCUT2D eigenvalue weighted by molar-refractivity contribution is -0.137. The van der Waals surface area contributed by atoms with Gasteiger partial charge in [-0.2, -0.15) is 13.2 Å². The number of hydrogen-bond donors (Lipinski definition) is 5. The van der Waals surface area contributed by atoms with E-state index in [1.807, 2.05) is 0 Å². The minimum Gasteiger partial charge on any atom is -0.341 e. The van der Waals surface area contributed by atoms with Crippen LogP contribution in [-0.4, -0.2) is 39.6 Å². The molecule has 0 bridgehead atoms. The van der Waals surface area contributed by atoms with Crippen molar-refractivity contribution in [3.8, 4) is 0 Å². The van der Waals surface area contributed by atoms with Crippen LogP contribution in [0.2, 0.25) is 0 Å². The summed E-state index contributed by atoms with van der Waals surface area (Å²) in [6, 6.07) is 14.5. The van der Waals surface area contributed by atoms with Crippen molar-refractivity contribution in [1.29, 1.82) is 0 Å². The smallest absolute Gasteiger partial charge is 0.341 e. The fourth-order valence-corrected chi connectivity index (χ4v) is 4.03. The Hall–Kier alpha value is -6.05. The Morgan fingerprint density at radius 1 is 0.804 bits per heavy atom. The average molecular weight is 632 g/mol. The largest absolute Gasteiger partial charge is 0.416 e. The molecule has 11 nitrogen and oxygen atoms in total. The second-order valence-corrected chi connectivity index (χ2v) is 9.94. The fourth-order valence-electron chi connectivity index (χ4n) is 4.03. The molecule has 0 aliphatic carbocycles. The van der Waals surface area contributed by atoms with Gasteiger partial charge in [-0.05, 0) is 74.0 Å². The van der Waals surface area contributed by atoms with Crippen molar-refractivity contribution in [1.82, 2.24) is 15.3 Å². The Bertz CT molecular complexity index is 1790. The maximum atomic E-state index is 13.0. The van der Waals surface area contributed by atoms with Crippen LogP contribution in [0.1, 0.15) is 38.8 Å². The number of anilines is 5. The molecule has 1 aromatic heterocycles. The van der Waals surface area contributed by atoms with Crippen LogP contribution in [0.4, 0.5) is 41.9 Å². The highest BCUT2D eigenvalue weighted by Crippen LogP contribution is 2.30. The van der Waals surface area contributed by atoms with Gasteiger partial charge < -0.3 is 26.6 Å². The number of aryl methyl sites for hydroxylation is 1. The minimum absolute atomic E-state index is 0.187. The second-order valence-electron chi connectivity index (χ2n) is 9.94. The van der Waals surface area contributed by atoms with E-state index < -0.39 is 41.4 Å². The minimum atomic E-state index is -4.60. The van der Waals surface area contributed by atoms with Crippen LogP contribution >= 0.6 is 0 Å². The molecule has 46 heavy (non-hydrogen) atoms. The number of carbonyl (C=O) groups excluding carboxylic acids is 4. The molecule has 14 heteroatoms. The van der Waals surface area contributed by atoms with Crippen LogP contribution in [0, 0.1) is 6.92 Å². The van der Waals surface area contributed by atoms with Gasteiger partial charge in [-0.15, -0.1) is 0 Å². The summed E-state index contributed by atoms with van der Waals surface area (Å²) in [6.07, 6.45) is -0.782. The van der Waals surface area contributed by atoms with E-state index >= 15 is 0 Å². The SMILES string of the molecule is C=CC(=O)N[C@H](C)C(=O)Nc1cccc(Nc2ncc(NC(=O)c3cc(NC(=O)c4cccc(C(F)(F)F)c4)ccc3C)cn2)c1. The Morgan fingerprint density at radius 2 is 1.46 bits per heavy atom. The summed E-state index contributed by atoms with van der Waals surface area (Å²) in [7, 11) is 0. The standard InChI is InChI=1S/C32H28F3N7O4/c1-4-27(43)38-19(3)28(44)39-22-9-6-10-23(14-22)42-31-36-16-25(17-37-31)41-30(46)26-15-24(12-11-18(26)2)40-29(45)20-7-5-8-21(13-20)32(33,34)35/h4-17,19H,1H2,2-3H3,(H,38,43)(H,39,44)(H,40,45)(H,41,46)(H,36,37,42)/t19-/m1/s1. The first kappa shape index (κ1) is 32.9. The predicted octanol–water partition coefficient (Wildman–Crippen LogP) is 5.68. The van der Waals surface area contributed by atoms with Crippen molar-refractivity contribution in [3.05, 3.63) is 114 Å². The second kappa shape index (κ2) is 14.2. The lowest BCUT2D eigenvalue weighted by atomic mass is 10.1. The molecule has 4 amide bonds. The van der Waals surface area contributed by atoms with E-state index in [2.05, 4.69) is 43.1 Å². The van der Waals surface area contributed by atoms with Gasteiger partial charge in [0.25, 0.3) is 11.8 Å². The molecule has 1 atom stereocenters. The highest BCUT2D eigenvalue weighted by molar-refractivity contribution is 6.08. The Morgan fingerprint density at radius 3 is 2.15 bits per heavy atom. The molecule has 0 unspecified atom stereocenters. The molecule has 5 N–H and O–H groups in total. The van der Waals surface area contributed by atoms with Gasteiger partial charge in [-0.1, -0.05) is 24.8 Å². The van der Waals surface area contributed by atoms with Gasteiger partial charge in [0.1, 0.15) is 6.04 Å². The van der Waals surface area contributed by atoms with Gasteiger partial charge in [0.05, 0.1) is 23.6 Å². The molecule has 0 fully saturated rings. The van der Waals surface area contributed by atoms with Crippen molar-refractivity contribution in [2.75, 3.05) is 21.3 Å². The first-order valence-corrected chi connectivity index (χ1v) is 13.7. The van der Waals surface area contributed by atoms with Gasteiger partial charge in [0.2, 0.25) is 17.8 Å². The molecule has 3 aromatic carbocycles. The van der Waals surface area contributed by atoms with Crippen molar-refractivity contribution < 1.29 is 32.3 Å². The average Bonchev–Trinajstić information content (AvgIpc) is 3.02. The lowest BCUT2D eigenvalue weighted by Gasteiger charge is -2.14. The summed E-state index contributed by atoms with van der Waals surface area (Å²) in [4.78, 5) is 57.8. The molecular formula is C32H28F3N7O4. The number of rotatable bonds is 10. The molecule has 4 aromatic rings. The Kier molecular flexibility index (Phi) is 10.1. The van der Waals surface area contributed by atoms with E-state index in [9.17, 15) is 32.3 Å².